The summed E-state index contributed by atoms with van der Waals surface area (Å²) < 4.78 is 8.86. The van der Waals surface area contributed by atoms with Gasteiger partial charge in [-0.1, -0.05) is 12.1 Å². The lowest BCUT2D eigenvalue weighted by atomic mass is 10.0. The quantitative estimate of drug-likeness (QED) is 0.669. The van der Waals surface area contributed by atoms with E-state index in [4.69, 9.17) is 10.00 Å². The van der Waals surface area contributed by atoms with Gasteiger partial charge < -0.3 is 19.9 Å². The Morgan fingerprint density at radius 3 is 3.04 bits per heavy atom. The number of fused-ring (bicyclic) bond motifs is 1. The zero-order chi connectivity index (χ0) is 18.6. The van der Waals surface area contributed by atoms with Gasteiger partial charge in [-0.15, -0.1) is 0 Å². The third kappa shape index (κ3) is 4.69. The van der Waals surface area contributed by atoms with E-state index in [-0.39, 0.29) is 6.61 Å². The summed E-state index contributed by atoms with van der Waals surface area (Å²) in [6.07, 6.45) is 4.04. The molecule has 0 fully saturated rings. The minimum atomic E-state index is -0.909. The number of allylic oxidation sites excluding steroid dienone is 1. The first kappa shape index (κ1) is 18.1. The van der Waals surface area contributed by atoms with Crippen molar-refractivity contribution in [2.45, 2.75) is 30.8 Å². The molecule has 134 valence electrons. The highest BCUT2D eigenvalue weighted by Gasteiger charge is 2.15. The molecule has 0 unspecified atom stereocenters. The Labute approximate surface area is 157 Å². The molecule has 1 aliphatic heterocycles. The number of nitrogens with one attached hydrogen (secondary N) is 2. The highest BCUT2D eigenvalue weighted by atomic mass is 32.2. The number of aromatic nitrogens is 1. The predicted molar refractivity (Wildman–Crippen MR) is 103 cm³/mol. The first-order valence-corrected chi connectivity index (χ1v) is 8.98. The monoisotopic (exact) mass is 368 g/mol. The van der Waals surface area contributed by atoms with Crippen LogP contribution in [-0.2, 0) is 6.42 Å². The van der Waals surface area contributed by atoms with E-state index < -0.39 is 5.60 Å². The van der Waals surface area contributed by atoms with Gasteiger partial charge >= 0.3 is 0 Å². The molecule has 0 spiro atoms. The lowest BCUT2D eigenvalue weighted by molar-refractivity contribution is 0.0267. The third-order valence-electron chi connectivity index (χ3n) is 3.62. The Morgan fingerprint density at radius 2 is 2.27 bits per heavy atom. The molecule has 0 saturated heterocycles. The van der Waals surface area contributed by atoms with Crippen LogP contribution in [0, 0.1) is 11.3 Å². The van der Waals surface area contributed by atoms with Crippen molar-refractivity contribution in [2.24, 2.45) is 0 Å². The molecule has 0 radical (unpaired) electrons. The van der Waals surface area contributed by atoms with Gasteiger partial charge in [0.15, 0.2) is 0 Å². The van der Waals surface area contributed by atoms with Crippen LogP contribution in [-0.4, -0.2) is 22.3 Å². The number of para-hydroxylation sites is 1. The topological polar surface area (TPSA) is 90.2 Å². The number of pyridine rings is 1. The fourth-order valence-corrected chi connectivity index (χ4v) is 3.07. The van der Waals surface area contributed by atoms with Gasteiger partial charge in [-0.25, -0.2) is 4.98 Å². The Bertz CT molecular complexity index is 869. The summed E-state index contributed by atoms with van der Waals surface area (Å²) in [6, 6.07) is 11.8. The fraction of sp³-hybridized carbons (Fsp3) is 0.263. The van der Waals surface area contributed by atoms with Crippen LogP contribution < -0.4 is 14.8 Å². The number of aliphatic hydroxyl groups is 1. The van der Waals surface area contributed by atoms with Gasteiger partial charge in [0.05, 0.1) is 23.0 Å². The van der Waals surface area contributed by atoms with Crippen molar-refractivity contribution in [2.75, 3.05) is 16.6 Å². The molecule has 7 heteroatoms. The van der Waals surface area contributed by atoms with Crippen molar-refractivity contribution >= 4 is 23.3 Å². The van der Waals surface area contributed by atoms with Gasteiger partial charge in [-0.3, -0.25) is 0 Å². The van der Waals surface area contributed by atoms with Crippen LogP contribution in [0.5, 0.6) is 5.88 Å². The van der Waals surface area contributed by atoms with Gasteiger partial charge in [0.2, 0.25) is 5.88 Å². The number of benzene rings is 1. The van der Waals surface area contributed by atoms with Crippen LogP contribution in [0.3, 0.4) is 0 Å². The van der Waals surface area contributed by atoms with Gasteiger partial charge in [-0.2, -0.15) is 5.26 Å². The molecule has 2 aromatic rings. The molecule has 1 aliphatic rings. The first-order valence-electron chi connectivity index (χ1n) is 8.16. The molecular weight excluding hydrogens is 348 g/mol. The third-order valence-corrected chi connectivity index (χ3v) is 4.44. The molecule has 0 bridgehead atoms. The predicted octanol–water partition coefficient (Wildman–Crippen LogP) is 3.73. The van der Waals surface area contributed by atoms with Crippen molar-refractivity contribution in [1.29, 1.82) is 5.26 Å². The molecule has 1 aromatic heterocycles. The van der Waals surface area contributed by atoms with Crippen molar-refractivity contribution in [3.05, 3.63) is 53.9 Å². The number of nitrogens with zero attached hydrogens (tertiary/aromatic N) is 2. The SMILES string of the molecule is CC(C)(O)COc1cc(SNc2cccc3c2NC=C(C#N)C3)ccn1. The fourth-order valence-electron chi connectivity index (χ4n) is 2.39. The number of hydrogen-bond acceptors (Lipinski definition) is 7. The number of nitriles is 1. The van der Waals surface area contributed by atoms with Gasteiger partial charge in [0, 0.05) is 35.4 Å². The molecule has 1 aromatic carbocycles. The number of ether oxygens (including phenoxy) is 1. The molecule has 6 nitrogen and oxygen atoms in total. The molecule has 0 atom stereocenters. The maximum atomic E-state index is 9.75. The van der Waals surface area contributed by atoms with Crippen molar-refractivity contribution in [1.82, 2.24) is 4.98 Å². The second kappa shape index (κ2) is 7.68. The zero-order valence-electron chi connectivity index (χ0n) is 14.6. The summed E-state index contributed by atoms with van der Waals surface area (Å²) in [6.45, 7) is 3.54. The summed E-state index contributed by atoms with van der Waals surface area (Å²) in [5.41, 5.74) is 2.81. The van der Waals surface area contributed by atoms with Crippen LogP contribution >= 0.6 is 11.9 Å². The molecule has 3 N–H and O–H groups in total. The van der Waals surface area contributed by atoms with E-state index in [9.17, 15) is 5.11 Å². The highest BCUT2D eigenvalue weighted by molar-refractivity contribution is 8.00. The Kier molecular flexibility index (Phi) is 5.35. The summed E-state index contributed by atoms with van der Waals surface area (Å²) in [7, 11) is 0. The lowest BCUT2D eigenvalue weighted by Crippen LogP contribution is -2.28. The van der Waals surface area contributed by atoms with Crippen molar-refractivity contribution in [3.8, 4) is 11.9 Å². The van der Waals surface area contributed by atoms with Gasteiger partial charge in [-0.05, 0) is 43.5 Å². The van der Waals surface area contributed by atoms with E-state index in [1.54, 1.807) is 26.2 Å². The summed E-state index contributed by atoms with van der Waals surface area (Å²) >= 11 is 1.44. The first-order chi connectivity index (χ1) is 12.4. The Morgan fingerprint density at radius 1 is 1.42 bits per heavy atom. The summed E-state index contributed by atoms with van der Waals surface area (Å²) in [4.78, 5) is 5.10. The Balaban J connectivity index is 1.67. The minimum Gasteiger partial charge on any atom is -0.475 e. The standard InChI is InChI=1S/C19H20N4O2S/c1-19(2,24)12-25-17-9-15(6-7-21-17)26-23-16-5-3-4-14-8-13(10-20)11-22-18(14)16/h3-7,9,11,22-24H,8,12H2,1-2H3. The van der Waals surface area contributed by atoms with Crippen LogP contribution in [0.1, 0.15) is 19.4 Å². The van der Waals surface area contributed by atoms with Crippen LogP contribution in [0.15, 0.2) is 53.2 Å². The maximum Gasteiger partial charge on any atom is 0.214 e. The average Bonchev–Trinajstić information content (AvgIpc) is 2.64. The van der Waals surface area contributed by atoms with Crippen molar-refractivity contribution in [3.63, 3.8) is 0 Å². The summed E-state index contributed by atoms with van der Waals surface area (Å²) in [5.74, 6) is 0.466. The highest BCUT2D eigenvalue weighted by Crippen LogP contribution is 2.34. The second-order valence-electron chi connectivity index (χ2n) is 6.58. The van der Waals surface area contributed by atoms with Crippen LogP contribution in [0.2, 0.25) is 0 Å². The molecule has 0 amide bonds. The molecule has 0 saturated carbocycles. The van der Waals surface area contributed by atoms with E-state index >= 15 is 0 Å². The molecule has 26 heavy (non-hydrogen) atoms. The van der Waals surface area contributed by atoms with Gasteiger partial charge in [0.25, 0.3) is 0 Å². The second-order valence-corrected chi connectivity index (χ2v) is 7.46. The lowest BCUT2D eigenvalue weighted by Gasteiger charge is -2.19. The normalized spacial score (nSPS) is 13.1. The smallest absolute Gasteiger partial charge is 0.214 e. The van der Waals surface area contributed by atoms with E-state index in [1.165, 1.54) is 11.9 Å². The molecule has 3 rings (SSSR count). The number of anilines is 2. The van der Waals surface area contributed by atoms with E-state index in [2.05, 4.69) is 21.1 Å². The minimum absolute atomic E-state index is 0.172. The molecular formula is C19H20N4O2S. The number of rotatable bonds is 6. The molecule has 2 heterocycles. The number of hydrogen-bond donors (Lipinski definition) is 3. The van der Waals surface area contributed by atoms with Gasteiger partial charge in [0.1, 0.15) is 6.61 Å². The zero-order valence-corrected chi connectivity index (χ0v) is 15.4. The summed E-state index contributed by atoms with van der Waals surface area (Å²) in [5, 5.41) is 22.0. The Hall–Kier alpha value is -2.69. The van der Waals surface area contributed by atoms with Crippen molar-refractivity contribution < 1.29 is 9.84 Å². The van der Waals surface area contributed by atoms with Crippen LogP contribution in [0.4, 0.5) is 11.4 Å². The van der Waals surface area contributed by atoms with E-state index in [1.807, 2.05) is 30.3 Å². The van der Waals surface area contributed by atoms with Crippen LogP contribution in [0.25, 0.3) is 0 Å². The maximum absolute atomic E-state index is 9.75. The largest absolute Gasteiger partial charge is 0.475 e. The van der Waals surface area contributed by atoms with E-state index in [0.29, 0.717) is 17.9 Å². The average molecular weight is 368 g/mol. The van der Waals surface area contributed by atoms with E-state index in [0.717, 1.165) is 21.8 Å². The molecule has 0 aliphatic carbocycles.